The van der Waals surface area contributed by atoms with Gasteiger partial charge in [0.1, 0.15) is 0 Å². The van der Waals surface area contributed by atoms with Crippen molar-refractivity contribution < 1.29 is 17.9 Å². The number of halogens is 3. The quantitative estimate of drug-likeness (QED) is 0.223. The molecule has 3 heterocycles. The maximum absolute atomic E-state index is 14.1. The number of aromatic nitrogens is 2. The highest BCUT2D eigenvalue weighted by atomic mass is 32.1. The highest BCUT2D eigenvalue weighted by Gasteiger charge is 2.35. The van der Waals surface area contributed by atoms with Crippen molar-refractivity contribution >= 4 is 23.2 Å². The topological polar surface area (TPSA) is 77.0 Å². The van der Waals surface area contributed by atoms with Crippen LogP contribution in [0.2, 0.25) is 0 Å². The van der Waals surface area contributed by atoms with E-state index < -0.39 is 11.7 Å². The Morgan fingerprint density at radius 2 is 1.92 bits per heavy atom. The lowest BCUT2D eigenvalue weighted by Gasteiger charge is -2.27. The Balaban J connectivity index is 1.31. The van der Waals surface area contributed by atoms with Gasteiger partial charge in [-0.3, -0.25) is 10.00 Å². The molecule has 1 aliphatic heterocycles. The van der Waals surface area contributed by atoms with Gasteiger partial charge in [-0.2, -0.15) is 18.3 Å². The number of rotatable bonds is 6. The van der Waals surface area contributed by atoms with Gasteiger partial charge in [0.2, 0.25) is 0 Å². The van der Waals surface area contributed by atoms with Crippen LogP contribution in [0.1, 0.15) is 27.1 Å². The smallest absolute Gasteiger partial charge is 0.388 e. The summed E-state index contributed by atoms with van der Waals surface area (Å²) in [5, 5.41) is 18.4. The van der Waals surface area contributed by atoms with Crippen LogP contribution in [0.4, 0.5) is 18.9 Å². The molecule has 0 atom stereocenters. The maximum atomic E-state index is 14.1. The zero-order valence-electron chi connectivity index (χ0n) is 20.7. The van der Waals surface area contributed by atoms with Crippen molar-refractivity contribution in [2.45, 2.75) is 19.1 Å². The summed E-state index contributed by atoms with van der Waals surface area (Å²) in [7, 11) is 1.82. The van der Waals surface area contributed by atoms with Crippen molar-refractivity contribution in [2.75, 3.05) is 38.7 Å². The minimum absolute atomic E-state index is 0.260. The predicted molar refractivity (Wildman–Crippen MR) is 144 cm³/mol. The molecule has 1 saturated heterocycles. The third kappa shape index (κ3) is 4.42. The Morgan fingerprint density at radius 3 is 2.66 bits per heavy atom. The number of hydrogen-bond acceptors (Lipinski definition) is 6. The van der Waals surface area contributed by atoms with Crippen LogP contribution in [0.15, 0.2) is 42.5 Å². The Labute approximate surface area is 222 Å². The van der Waals surface area contributed by atoms with Crippen molar-refractivity contribution in [3.05, 3.63) is 69.6 Å². The Morgan fingerprint density at radius 1 is 1.13 bits per heavy atom. The van der Waals surface area contributed by atoms with Gasteiger partial charge >= 0.3 is 6.18 Å². The van der Waals surface area contributed by atoms with E-state index in [1.807, 2.05) is 36.2 Å². The summed E-state index contributed by atoms with van der Waals surface area (Å²) >= 11 is 1.53. The molecule has 2 aromatic carbocycles. The zero-order chi connectivity index (χ0) is 26.4. The molecule has 6 nitrogen and oxygen atoms in total. The van der Waals surface area contributed by atoms with E-state index in [4.69, 9.17) is 10.1 Å². The van der Waals surface area contributed by atoms with Crippen LogP contribution in [0.3, 0.4) is 0 Å². The third-order valence-corrected chi connectivity index (χ3v) is 8.42. The van der Waals surface area contributed by atoms with Crippen LogP contribution in [0.25, 0.3) is 33.0 Å². The number of fused-ring (bicyclic) bond motifs is 3. The molecule has 0 saturated carbocycles. The number of hydrogen-bond donors (Lipinski definition) is 3. The van der Waals surface area contributed by atoms with Gasteiger partial charge < -0.3 is 15.5 Å². The van der Waals surface area contributed by atoms with Crippen LogP contribution in [-0.4, -0.2) is 54.7 Å². The van der Waals surface area contributed by atoms with Crippen LogP contribution < -0.4 is 5.32 Å². The summed E-state index contributed by atoms with van der Waals surface area (Å²) in [6.45, 7) is 2.62. The van der Waals surface area contributed by atoms with E-state index in [1.165, 1.54) is 23.6 Å². The number of anilines is 1. The van der Waals surface area contributed by atoms with Crippen LogP contribution in [-0.2, 0) is 23.9 Å². The SMILES string of the molecule is CNc1cc(-c2n[nH]c3c2Cc2sc(-c4ccc(CN5CCOCC5)c(C(F)(F)F)c4)cc2-3)ccc1C=N. The first-order valence-corrected chi connectivity index (χ1v) is 13.2. The molecule has 38 heavy (non-hydrogen) atoms. The summed E-state index contributed by atoms with van der Waals surface area (Å²) < 4.78 is 47.5. The molecule has 0 spiro atoms. The highest BCUT2D eigenvalue weighted by Crippen LogP contribution is 2.47. The molecule has 4 aromatic rings. The normalized spacial score (nSPS) is 15.4. The van der Waals surface area contributed by atoms with Crippen LogP contribution >= 0.6 is 11.3 Å². The summed E-state index contributed by atoms with van der Waals surface area (Å²) in [4.78, 5) is 3.93. The van der Waals surface area contributed by atoms with E-state index in [0.29, 0.717) is 43.9 Å². The van der Waals surface area contributed by atoms with Gasteiger partial charge in [-0.1, -0.05) is 24.3 Å². The van der Waals surface area contributed by atoms with Gasteiger partial charge in [0.25, 0.3) is 0 Å². The molecule has 2 aliphatic rings. The zero-order valence-corrected chi connectivity index (χ0v) is 21.5. The minimum atomic E-state index is -4.43. The van der Waals surface area contributed by atoms with E-state index in [2.05, 4.69) is 15.5 Å². The first-order chi connectivity index (χ1) is 18.4. The molecule has 6 rings (SSSR count). The number of H-pyrrole nitrogens is 1. The Bertz CT molecular complexity index is 1520. The molecule has 1 fully saturated rings. The number of nitrogens with zero attached hydrogens (tertiary/aromatic N) is 2. The summed E-state index contributed by atoms with van der Waals surface area (Å²) in [6, 6.07) is 12.5. The first-order valence-electron chi connectivity index (χ1n) is 12.4. The van der Waals surface area contributed by atoms with E-state index in [0.717, 1.165) is 49.1 Å². The average Bonchev–Trinajstić information content (AvgIpc) is 3.60. The number of ether oxygens (including phenoxy) is 1. The molecule has 196 valence electrons. The number of benzene rings is 2. The highest BCUT2D eigenvalue weighted by molar-refractivity contribution is 7.16. The second-order valence-corrected chi connectivity index (χ2v) is 10.6. The van der Waals surface area contributed by atoms with E-state index in [1.54, 1.807) is 12.1 Å². The summed E-state index contributed by atoms with van der Waals surface area (Å²) in [5.74, 6) is 0. The lowest BCUT2D eigenvalue weighted by molar-refractivity contribution is -0.138. The third-order valence-electron chi connectivity index (χ3n) is 7.23. The molecule has 2 aromatic heterocycles. The second kappa shape index (κ2) is 9.68. The second-order valence-electron chi connectivity index (χ2n) is 9.50. The van der Waals surface area contributed by atoms with Crippen molar-refractivity contribution in [1.82, 2.24) is 15.1 Å². The van der Waals surface area contributed by atoms with Crippen molar-refractivity contribution in [3.8, 4) is 33.0 Å². The fourth-order valence-electron chi connectivity index (χ4n) is 5.25. The van der Waals surface area contributed by atoms with E-state index >= 15 is 0 Å². The fraction of sp³-hybridized carbons (Fsp3) is 0.286. The molecule has 10 heteroatoms. The number of thiophene rings is 1. The van der Waals surface area contributed by atoms with Crippen molar-refractivity contribution in [2.24, 2.45) is 0 Å². The van der Waals surface area contributed by atoms with Gasteiger partial charge in [-0.25, -0.2) is 0 Å². The van der Waals surface area contributed by atoms with Gasteiger partial charge in [0.05, 0.1) is 30.2 Å². The average molecular weight is 538 g/mol. The molecule has 3 N–H and O–H groups in total. The van der Waals surface area contributed by atoms with Gasteiger partial charge in [0.15, 0.2) is 0 Å². The lowest BCUT2D eigenvalue weighted by Crippen LogP contribution is -2.36. The molecule has 0 radical (unpaired) electrons. The maximum Gasteiger partial charge on any atom is 0.416 e. The molecule has 1 aliphatic carbocycles. The first kappa shape index (κ1) is 24.8. The molecule has 0 unspecified atom stereocenters. The molecule has 0 amide bonds. The van der Waals surface area contributed by atoms with Crippen LogP contribution in [0, 0.1) is 5.41 Å². The molecular weight excluding hydrogens is 511 g/mol. The number of nitrogens with one attached hydrogen (secondary N) is 3. The number of morpholine rings is 1. The fourth-order valence-corrected chi connectivity index (χ4v) is 6.43. The van der Waals surface area contributed by atoms with Crippen molar-refractivity contribution in [3.63, 3.8) is 0 Å². The van der Waals surface area contributed by atoms with E-state index in [9.17, 15) is 13.2 Å². The number of aromatic amines is 1. The summed E-state index contributed by atoms with van der Waals surface area (Å²) in [6.07, 6.45) is -2.45. The lowest BCUT2D eigenvalue weighted by atomic mass is 10.0. The van der Waals surface area contributed by atoms with Crippen LogP contribution in [0.5, 0.6) is 0 Å². The molecular formula is C28H26F3N5OS. The summed E-state index contributed by atoms with van der Waals surface area (Å²) in [5.41, 5.74) is 6.72. The van der Waals surface area contributed by atoms with Gasteiger partial charge in [0, 0.05) is 77.0 Å². The van der Waals surface area contributed by atoms with Gasteiger partial charge in [-0.15, -0.1) is 11.3 Å². The number of alkyl halides is 3. The molecule has 0 bridgehead atoms. The predicted octanol–water partition coefficient (Wildman–Crippen LogP) is 6.27. The van der Waals surface area contributed by atoms with E-state index in [-0.39, 0.29) is 6.54 Å². The minimum Gasteiger partial charge on any atom is -0.388 e. The monoisotopic (exact) mass is 537 g/mol. The van der Waals surface area contributed by atoms with Gasteiger partial charge in [-0.05, 0) is 29.3 Å². The Hall–Kier alpha value is -3.47. The Kier molecular flexibility index (Phi) is 6.33. The standard InChI is InChI=1S/C28H26F3N5OS/c1-33-23-11-17(3-4-18(23)14-32)26-21-13-25-20(27(21)35-34-26)12-24(38-25)16-2-5-19(22(10-16)28(29,30)31)15-36-6-8-37-9-7-36/h2-5,10-12,14,32-33H,6-9,13,15H2,1H3,(H,34,35). The largest absolute Gasteiger partial charge is 0.416 e. The van der Waals surface area contributed by atoms with Crippen molar-refractivity contribution in [1.29, 1.82) is 5.41 Å².